The number of rotatable bonds is 4. The molecular weight excluding hydrogens is 214 g/mol. The summed E-state index contributed by atoms with van der Waals surface area (Å²) < 4.78 is 5.30. The Morgan fingerprint density at radius 1 is 1.29 bits per heavy atom. The molecule has 1 aromatic heterocycles. The largest absolute Gasteiger partial charge is 0.424 e. The molecule has 4 heteroatoms. The van der Waals surface area contributed by atoms with E-state index in [1.54, 1.807) is 6.92 Å². The summed E-state index contributed by atoms with van der Waals surface area (Å²) in [7, 11) is 0. The predicted octanol–water partition coefficient (Wildman–Crippen LogP) is 3.11. The van der Waals surface area contributed by atoms with Crippen molar-refractivity contribution in [2.75, 3.05) is 5.32 Å². The van der Waals surface area contributed by atoms with Crippen LogP contribution in [0.2, 0.25) is 0 Å². The Balaban J connectivity index is 2.01. The molecule has 90 valence electrons. The molecule has 0 aliphatic rings. The molecule has 4 nitrogen and oxygen atoms in total. The molecule has 0 aliphatic carbocycles. The minimum Gasteiger partial charge on any atom is -0.424 e. The standard InChI is InChI=1S/C13H17N3O/c1-9(2)11-5-4-6-12(7-11)14-8-13-16-15-10(3)17-13/h4-7,9,14H,8H2,1-3H3. The molecule has 2 aromatic rings. The van der Waals surface area contributed by atoms with E-state index in [9.17, 15) is 0 Å². The van der Waals surface area contributed by atoms with Crippen LogP contribution in [0.4, 0.5) is 5.69 Å². The van der Waals surface area contributed by atoms with Crippen LogP contribution in [-0.4, -0.2) is 10.2 Å². The lowest BCUT2D eigenvalue weighted by Gasteiger charge is -2.08. The van der Waals surface area contributed by atoms with Gasteiger partial charge in [0.1, 0.15) is 0 Å². The van der Waals surface area contributed by atoms with Crippen LogP contribution in [0, 0.1) is 6.92 Å². The highest BCUT2D eigenvalue weighted by Crippen LogP contribution is 2.18. The van der Waals surface area contributed by atoms with Crippen LogP contribution in [0.15, 0.2) is 28.7 Å². The maximum atomic E-state index is 5.30. The summed E-state index contributed by atoms with van der Waals surface area (Å²) in [6.07, 6.45) is 0. The molecule has 0 fully saturated rings. The summed E-state index contributed by atoms with van der Waals surface area (Å²) in [5.74, 6) is 1.73. The van der Waals surface area contributed by atoms with E-state index >= 15 is 0 Å². The minimum absolute atomic E-state index is 0.530. The van der Waals surface area contributed by atoms with E-state index in [2.05, 4.69) is 47.6 Å². The molecule has 0 aliphatic heterocycles. The average Bonchev–Trinajstić information content (AvgIpc) is 2.73. The van der Waals surface area contributed by atoms with Gasteiger partial charge in [0.15, 0.2) is 0 Å². The zero-order valence-corrected chi connectivity index (χ0v) is 10.4. The van der Waals surface area contributed by atoms with Crippen LogP contribution in [-0.2, 0) is 6.54 Å². The molecule has 2 rings (SSSR count). The number of anilines is 1. The van der Waals surface area contributed by atoms with E-state index in [1.807, 2.05) is 6.07 Å². The molecule has 0 saturated carbocycles. The second kappa shape index (κ2) is 4.99. The quantitative estimate of drug-likeness (QED) is 0.878. The Bertz CT molecular complexity index is 491. The molecule has 1 aromatic carbocycles. The molecule has 0 amide bonds. The highest BCUT2D eigenvalue weighted by molar-refractivity contribution is 5.46. The van der Waals surface area contributed by atoms with Crippen molar-refractivity contribution in [2.24, 2.45) is 0 Å². The molecule has 1 heterocycles. The molecule has 0 atom stereocenters. The molecule has 0 spiro atoms. The van der Waals surface area contributed by atoms with Gasteiger partial charge in [0.25, 0.3) is 0 Å². The minimum atomic E-state index is 0.530. The van der Waals surface area contributed by atoms with Gasteiger partial charge in [0.2, 0.25) is 11.8 Å². The second-order valence-electron chi connectivity index (χ2n) is 4.35. The number of hydrogen-bond donors (Lipinski definition) is 1. The van der Waals surface area contributed by atoms with E-state index < -0.39 is 0 Å². The lowest BCUT2D eigenvalue weighted by atomic mass is 10.0. The van der Waals surface area contributed by atoms with Gasteiger partial charge >= 0.3 is 0 Å². The van der Waals surface area contributed by atoms with Crippen molar-refractivity contribution in [3.8, 4) is 0 Å². The summed E-state index contributed by atoms with van der Waals surface area (Å²) in [6, 6.07) is 8.37. The van der Waals surface area contributed by atoms with Crippen molar-refractivity contribution >= 4 is 5.69 Å². The Hall–Kier alpha value is -1.84. The zero-order valence-electron chi connectivity index (χ0n) is 10.4. The number of benzene rings is 1. The molecule has 0 saturated heterocycles. The fraction of sp³-hybridized carbons (Fsp3) is 0.385. The number of nitrogens with one attached hydrogen (secondary N) is 1. The summed E-state index contributed by atoms with van der Waals surface area (Å²) in [4.78, 5) is 0. The summed E-state index contributed by atoms with van der Waals surface area (Å²) in [6.45, 7) is 6.71. The third kappa shape index (κ3) is 3.06. The zero-order chi connectivity index (χ0) is 12.3. The highest BCUT2D eigenvalue weighted by Gasteiger charge is 2.03. The molecular formula is C13H17N3O. The lowest BCUT2D eigenvalue weighted by molar-refractivity contribution is 0.475. The smallest absolute Gasteiger partial charge is 0.235 e. The van der Waals surface area contributed by atoms with E-state index in [-0.39, 0.29) is 0 Å². The molecule has 0 bridgehead atoms. The highest BCUT2D eigenvalue weighted by atomic mass is 16.4. The topological polar surface area (TPSA) is 51.0 Å². The first-order valence-corrected chi connectivity index (χ1v) is 5.78. The first-order valence-electron chi connectivity index (χ1n) is 5.78. The van der Waals surface area contributed by atoms with Crippen LogP contribution in [0.25, 0.3) is 0 Å². The van der Waals surface area contributed by atoms with Gasteiger partial charge in [-0.25, -0.2) is 0 Å². The van der Waals surface area contributed by atoms with E-state index in [0.29, 0.717) is 24.2 Å². The van der Waals surface area contributed by atoms with Gasteiger partial charge < -0.3 is 9.73 Å². The number of aromatic nitrogens is 2. The summed E-state index contributed by atoms with van der Waals surface area (Å²) in [5, 5.41) is 11.0. The third-order valence-electron chi connectivity index (χ3n) is 2.56. The Labute approximate surface area is 101 Å². The summed E-state index contributed by atoms with van der Waals surface area (Å²) in [5.41, 5.74) is 2.39. The summed E-state index contributed by atoms with van der Waals surface area (Å²) >= 11 is 0. The van der Waals surface area contributed by atoms with Gasteiger partial charge in [-0.05, 0) is 23.6 Å². The first kappa shape index (κ1) is 11.6. The predicted molar refractivity (Wildman–Crippen MR) is 66.9 cm³/mol. The van der Waals surface area contributed by atoms with Gasteiger partial charge in [0.05, 0.1) is 6.54 Å². The van der Waals surface area contributed by atoms with Gasteiger partial charge in [-0.1, -0.05) is 26.0 Å². The van der Waals surface area contributed by atoms with Crippen molar-refractivity contribution < 1.29 is 4.42 Å². The van der Waals surface area contributed by atoms with Crippen molar-refractivity contribution in [1.29, 1.82) is 0 Å². The Morgan fingerprint density at radius 3 is 2.76 bits per heavy atom. The van der Waals surface area contributed by atoms with Gasteiger partial charge in [0, 0.05) is 12.6 Å². The number of nitrogens with zero attached hydrogens (tertiary/aromatic N) is 2. The fourth-order valence-electron chi connectivity index (χ4n) is 1.59. The van der Waals surface area contributed by atoms with Gasteiger partial charge in [-0.15, -0.1) is 10.2 Å². The third-order valence-corrected chi connectivity index (χ3v) is 2.56. The number of aryl methyl sites for hydroxylation is 1. The van der Waals surface area contributed by atoms with Crippen LogP contribution >= 0.6 is 0 Å². The van der Waals surface area contributed by atoms with Crippen molar-refractivity contribution in [3.05, 3.63) is 41.6 Å². The SMILES string of the molecule is Cc1nnc(CNc2cccc(C(C)C)c2)o1. The monoisotopic (exact) mass is 231 g/mol. The van der Waals surface area contributed by atoms with Crippen LogP contribution in [0.5, 0.6) is 0 Å². The first-order chi connectivity index (χ1) is 8.15. The fourth-order valence-corrected chi connectivity index (χ4v) is 1.59. The molecule has 0 radical (unpaired) electrons. The lowest BCUT2D eigenvalue weighted by Crippen LogP contribution is -2.00. The molecule has 0 unspecified atom stereocenters. The second-order valence-corrected chi connectivity index (χ2v) is 4.35. The maximum Gasteiger partial charge on any atom is 0.235 e. The molecule has 1 N–H and O–H groups in total. The van der Waals surface area contributed by atoms with Gasteiger partial charge in [-0.2, -0.15) is 0 Å². The normalized spacial score (nSPS) is 10.8. The van der Waals surface area contributed by atoms with E-state index in [0.717, 1.165) is 5.69 Å². The maximum absolute atomic E-state index is 5.30. The Kier molecular flexibility index (Phi) is 3.42. The van der Waals surface area contributed by atoms with Crippen molar-refractivity contribution in [1.82, 2.24) is 10.2 Å². The van der Waals surface area contributed by atoms with Crippen LogP contribution < -0.4 is 5.32 Å². The van der Waals surface area contributed by atoms with E-state index in [1.165, 1.54) is 5.56 Å². The van der Waals surface area contributed by atoms with Crippen LogP contribution in [0.3, 0.4) is 0 Å². The average molecular weight is 231 g/mol. The van der Waals surface area contributed by atoms with Crippen LogP contribution in [0.1, 0.15) is 37.1 Å². The van der Waals surface area contributed by atoms with Crippen molar-refractivity contribution in [3.63, 3.8) is 0 Å². The molecule has 17 heavy (non-hydrogen) atoms. The van der Waals surface area contributed by atoms with Crippen molar-refractivity contribution in [2.45, 2.75) is 33.2 Å². The van der Waals surface area contributed by atoms with E-state index in [4.69, 9.17) is 4.42 Å². The number of hydrogen-bond acceptors (Lipinski definition) is 4. The Morgan fingerprint density at radius 2 is 2.12 bits per heavy atom. The van der Waals surface area contributed by atoms with Gasteiger partial charge in [-0.3, -0.25) is 0 Å².